The number of esters is 2. The van der Waals surface area contributed by atoms with Gasteiger partial charge in [-0.15, -0.1) is 0 Å². The van der Waals surface area contributed by atoms with E-state index in [0.717, 1.165) is 64.2 Å². The van der Waals surface area contributed by atoms with Gasteiger partial charge in [-0.05, 0) is 38.5 Å². The number of carbonyl (C=O) groups excluding carboxylic acids is 2. The summed E-state index contributed by atoms with van der Waals surface area (Å²) in [4.78, 5) is 27.8. The summed E-state index contributed by atoms with van der Waals surface area (Å²) in [5.41, 5.74) is -0.479. The highest BCUT2D eigenvalue weighted by atomic mass is 16.5. The molecule has 86 heavy (non-hydrogen) atoms. The van der Waals surface area contributed by atoms with Crippen LogP contribution >= 0.6 is 0 Å². The van der Waals surface area contributed by atoms with Gasteiger partial charge in [0.15, 0.2) is 0 Å². The van der Waals surface area contributed by atoms with Gasteiger partial charge in [0.1, 0.15) is 0 Å². The molecule has 0 amide bonds. The number of unbranched alkanes of at least 4 members (excludes halogenated alkanes) is 64. The lowest BCUT2D eigenvalue weighted by Crippen LogP contribution is -2.34. The Bertz CT molecular complexity index is 1220. The molecule has 0 saturated carbocycles. The van der Waals surface area contributed by atoms with Crippen LogP contribution in [0.2, 0.25) is 0 Å². The third kappa shape index (κ3) is 65.9. The molecule has 0 rings (SSSR count). The molecule has 0 aromatic carbocycles. The average Bonchev–Trinajstić information content (AvgIpc) is 3.71. The van der Waals surface area contributed by atoms with Crippen LogP contribution in [0.15, 0.2) is 0 Å². The van der Waals surface area contributed by atoms with Crippen LogP contribution < -0.4 is 0 Å². The van der Waals surface area contributed by atoms with Crippen LogP contribution in [0.4, 0.5) is 0 Å². The Kier molecular flexibility index (Phi) is 73.7. The minimum Gasteiger partial charge on any atom is -0.466 e. The summed E-state index contributed by atoms with van der Waals surface area (Å²) >= 11 is 0. The third-order valence-corrected chi connectivity index (χ3v) is 20.0. The number of carbonyl (C=O) groups is 2. The average molecular weight is 1210 g/mol. The van der Waals surface area contributed by atoms with E-state index in [1.807, 2.05) is 0 Å². The van der Waals surface area contributed by atoms with Gasteiger partial charge in [0, 0.05) is 6.42 Å². The summed E-state index contributed by atoms with van der Waals surface area (Å²) in [5.74, 6) is -0.0134. The van der Waals surface area contributed by atoms with Crippen molar-refractivity contribution < 1.29 is 19.1 Å². The molecule has 0 aromatic heterocycles. The minimum atomic E-state index is -0.479. The zero-order valence-corrected chi connectivity index (χ0v) is 60.2. The molecule has 514 valence electrons. The normalized spacial score (nSPS) is 11.8. The smallest absolute Gasteiger partial charge is 0.312 e. The van der Waals surface area contributed by atoms with Crippen LogP contribution in [-0.4, -0.2) is 25.2 Å². The second-order valence-corrected chi connectivity index (χ2v) is 28.6. The quantitative estimate of drug-likeness (QED) is 0.0450. The largest absolute Gasteiger partial charge is 0.466 e. The fraction of sp³-hybridized carbons (Fsp3) is 0.976. The topological polar surface area (TPSA) is 52.6 Å². The minimum absolute atomic E-state index is 0.0542. The molecule has 4 nitrogen and oxygen atoms in total. The second kappa shape index (κ2) is 74.7. The fourth-order valence-corrected chi connectivity index (χ4v) is 13.9. The first-order valence-corrected chi connectivity index (χ1v) is 40.9. The first-order valence-electron chi connectivity index (χ1n) is 40.9. The van der Waals surface area contributed by atoms with Crippen LogP contribution in [0.25, 0.3) is 0 Å². The molecule has 0 saturated heterocycles. The predicted octanol–water partition coefficient (Wildman–Crippen LogP) is 29.6. The first kappa shape index (κ1) is 84.9. The summed E-state index contributed by atoms with van der Waals surface area (Å²) in [6.45, 7) is 10.3. The lowest BCUT2D eigenvalue weighted by molar-refractivity contribution is -0.158. The molecular formula is C82H162O4. The maximum Gasteiger partial charge on any atom is 0.312 e. The highest BCUT2D eigenvalue weighted by molar-refractivity contribution is 5.77. The van der Waals surface area contributed by atoms with Crippen molar-refractivity contribution in [2.75, 3.05) is 13.2 Å². The van der Waals surface area contributed by atoms with E-state index in [4.69, 9.17) is 9.47 Å². The molecule has 0 heterocycles. The molecule has 0 aliphatic heterocycles. The molecule has 0 aromatic rings. The zero-order chi connectivity index (χ0) is 62.1. The SMILES string of the molecule is CCCCCCCCCCCCCCCCCCCCCCC(CCCCCCCCCCCCCCCCCCCCCC)(CCCC(=O)OCCCCCCCCCCCCCCCC)C(=O)OCCCCCCCCCCCCCCCC. The van der Waals surface area contributed by atoms with Crippen molar-refractivity contribution in [3.05, 3.63) is 0 Å². The van der Waals surface area contributed by atoms with Gasteiger partial charge in [-0.25, -0.2) is 0 Å². The number of ether oxygens (including phenoxy) is 2. The Labute approximate surface area is 543 Å². The number of hydrogen-bond donors (Lipinski definition) is 0. The van der Waals surface area contributed by atoms with Crippen molar-refractivity contribution in [3.8, 4) is 0 Å². The predicted molar refractivity (Wildman–Crippen MR) is 384 cm³/mol. The van der Waals surface area contributed by atoms with Crippen molar-refractivity contribution in [1.29, 1.82) is 0 Å². The molecule has 0 unspecified atom stereocenters. The van der Waals surface area contributed by atoms with Crippen LogP contribution in [0.3, 0.4) is 0 Å². The molecule has 4 heteroatoms. The van der Waals surface area contributed by atoms with E-state index in [-0.39, 0.29) is 11.9 Å². The Morgan fingerprint density at radius 2 is 0.360 bits per heavy atom. The summed E-state index contributed by atoms with van der Waals surface area (Å²) in [7, 11) is 0. The van der Waals surface area contributed by atoms with Crippen molar-refractivity contribution in [2.24, 2.45) is 5.41 Å². The number of rotatable bonds is 77. The Balaban J connectivity index is 5.17. The van der Waals surface area contributed by atoms with E-state index in [1.54, 1.807) is 0 Å². The van der Waals surface area contributed by atoms with E-state index < -0.39 is 5.41 Å². The highest BCUT2D eigenvalue weighted by Crippen LogP contribution is 2.39. The molecule has 0 radical (unpaired) electrons. The van der Waals surface area contributed by atoms with Crippen molar-refractivity contribution in [2.45, 2.75) is 496 Å². The van der Waals surface area contributed by atoms with Crippen LogP contribution in [-0.2, 0) is 19.1 Å². The monoisotopic (exact) mass is 1210 g/mol. The summed E-state index contributed by atoms with van der Waals surface area (Å²) in [6, 6.07) is 0. The van der Waals surface area contributed by atoms with Gasteiger partial charge in [-0.2, -0.15) is 0 Å². The van der Waals surface area contributed by atoms with E-state index in [1.165, 1.54) is 398 Å². The van der Waals surface area contributed by atoms with Gasteiger partial charge in [0.25, 0.3) is 0 Å². The Morgan fingerprint density at radius 3 is 0.570 bits per heavy atom. The van der Waals surface area contributed by atoms with Crippen molar-refractivity contribution in [1.82, 2.24) is 0 Å². The third-order valence-electron chi connectivity index (χ3n) is 20.0. The van der Waals surface area contributed by atoms with Crippen LogP contribution in [0.1, 0.15) is 496 Å². The highest BCUT2D eigenvalue weighted by Gasteiger charge is 2.38. The van der Waals surface area contributed by atoms with Crippen LogP contribution in [0, 0.1) is 5.41 Å². The molecule has 0 atom stereocenters. The molecular weight excluding hydrogens is 1050 g/mol. The fourth-order valence-electron chi connectivity index (χ4n) is 13.9. The van der Waals surface area contributed by atoms with Crippen molar-refractivity contribution in [3.63, 3.8) is 0 Å². The van der Waals surface area contributed by atoms with Gasteiger partial charge < -0.3 is 9.47 Å². The van der Waals surface area contributed by atoms with E-state index in [2.05, 4.69) is 27.7 Å². The molecule has 0 aliphatic carbocycles. The van der Waals surface area contributed by atoms with Gasteiger partial charge in [0.2, 0.25) is 0 Å². The van der Waals surface area contributed by atoms with E-state index >= 15 is 0 Å². The first-order chi connectivity index (χ1) is 42.6. The standard InChI is InChI=1S/C82H162O4/c1-5-9-13-17-21-25-29-33-37-39-41-43-45-47-49-53-57-61-65-69-75-82(81(84)86-79-72-68-64-60-56-52-36-32-28-24-20-16-12-8-4,76-70-66-62-58-54-50-48-46-44-42-40-38-34-30-26-22-18-14-10-6-2)77-73-74-80(83)85-78-71-67-63-59-55-51-35-31-27-23-19-15-11-7-3/h5-79H2,1-4H3. The Hall–Kier alpha value is -1.06. The molecule has 0 spiro atoms. The Morgan fingerprint density at radius 1 is 0.198 bits per heavy atom. The summed E-state index contributed by atoms with van der Waals surface area (Å²) in [5, 5.41) is 0. The van der Waals surface area contributed by atoms with Crippen molar-refractivity contribution >= 4 is 11.9 Å². The molecule has 0 fully saturated rings. The van der Waals surface area contributed by atoms with Gasteiger partial charge in [0.05, 0.1) is 18.6 Å². The summed E-state index contributed by atoms with van der Waals surface area (Å²) < 4.78 is 12.2. The molecule has 0 aliphatic rings. The lowest BCUT2D eigenvalue weighted by atomic mass is 9.74. The lowest BCUT2D eigenvalue weighted by Gasteiger charge is -2.32. The van der Waals surface area contributed by atoms with Crippen LogP contribution in [0.5, 0.6) is 0 Å². The zero-order valence-electron chi connectivity index (χ0n) is 60.2. The van der Waals surface area contributed by atoms with Gasteiger partial charge in [-0.1, -0.05) is 451 Å². The summed E-state index contributed by atoms with van der Waals surface area (Å²) in [6.07, 6.45) is 96.2. The number of hydrogen-bond acceptors (Lipinski definition) is 4. The van der Waals surface area contributed by atoms with E-state index in [0.29, 0.717) is 19.6 Å². The van der Waals surface area contributed by atoms with E-state index in [9.17, 15) is 9.59 Å². The molecule has 0 bridgehead atoms. The second-order valence-electron chi connectivity index (χ2n) is 28.6. The molecule has 0 N–H and O–H groups in total. The van der Waals surface area contributed by atoms with Gasteiger partial charge >= 0.3 is 11.9 Å². The maximum atomic E-state index is 14.6. The maximum absolute atomic E-state index is 14.6. The van der Waals surface area contributed by atoms with Gasteiger partial charge in [-0.3, -0.25) is 9.59 Å².